The Balaban J connectivity index is 1.94. The maximum Gasteiger partial charge on any atom is 0.223 e. The van der Waals surface area contributed by atoms with Gasteiger partial charge in [-0.2, -0.15) is 0 Å². The van der Waals surface area contributed by atoms with Crippen molar-refractivity contribution >= 4 is 5.91 Å². The number of rotatable bonds is 3. The first-order chi connectivity index (χ1) is 9.08. The average Bonchev–Trinajstić information content (AvgIpc) is 2.39. The third-order valence-electron chi connectivity index (χ3n) is 4.16. The highest BCUT2D eigenvalue weighted by atomic mass is 16.1. The van der Waals surface area contributed by atoms with E-state index in [-0.39, 0.29) is 23.9 Å². The van der Waals surface area contributed by atoms with Crippen molar-refractivity contribution in [2.24, 2.45) is 11.7 Å². The Morgan fingerprint density at radius 1 is 1.26 bits per heavy atom. The highest BCUT2D eigenvalue weighted by molar-refractivity contribution is 5.79. The molecule has 0 bridgehead atoms. The van der Waals surface area contributed by atoms with Gasteiger partial charge in [0.25, 0.3) is 0 Å². The Bertz CT molecular complexity index is 436. The molecule has 3 nitrogen and oxygen atoms in total. The van der Waals surface area contributed by atoms with Crippen LogP contribution in [-0.2, 0) is 4.79 Å². The Hall–Kier alpha value is -1.35. The third-order valence-corrected chi connectivity index (χ3v) is 4.16. The molecule has 1 aliphatic rings. The molecule has 1 aliphatic carbocycles. The summed E-state index contributed by atoms with van der Waals surface area (Å²) in [6, 6.07) is 8.57. The second-order valence-electron chi connectivity index (χ2n) is 5.70. The first kappa shape index (κ1) is 14.1. The Morgan fingerprint density at radius 3 is 2.53 bits per heavy atom. The molecule has 1 unspecified atom stereocenters. The minimum Gasteiger partial charge on any atom is -0.349 e. The highest BCUT2D eigenvalue weighted by Gasteiger charge is 2.25. The van der Waals surface area contributed by atoms with E-state index in [2.05, 4.69) is 31.3 Å². The number of hydrogen-bond acceptors (Lipinski definition) is 2. The van der Waals surface area contributed by atoms with Gasteiger partial charge in [-0.15, -0.1) is 0 Å². The fourth-order valence-corrected chi connectivity index (χ4v) is 2.86. The minimum atomic E-state index is 0.0734. The largest absolute Gasteiger partial charge is 0.349 e. The van der Waals surface area contributed by atoms with Gasteiger partial charge in [-0.1, -0.05) is 24.3 Å². The SMILES string of the molecule is Cc1ccccc1C(C)NC(=O)C1CCC(N)CC1. The van der Waals surface area contributed by atoms with Gasteiger partial charge in [0.05, 0.1) is 6.04 Å². The monoisotopic (exact) mass is 260 g/mol. The quantitative estimate of drug-likeness (QED) is 0.878. The van der Waals surface area contributed by atoms with E-state index in [1.807, 2.05) is 12.1 Å². The van der Waals surface area contributed by atoms with E-state index in [0.29, 0.717) is 0 Å². The molecule has 1 aromatic rings. The Kier molecular flexibility index (Phi) is 4.59. The molecule has 0 heterocycles. The van der Waals surface area contributed by atoms with Gasteiger partial charge in [0.15, 0.2) is 0 Å². The van der Waals surface area contributed by atoms with Crippen LogP contribution in [0, 0.1) is 12.8 Å². The van der Waals surface area contributed by atoms with Crippen LogP contribution in [0.4, 0.5) is 0 Å². The van der Waals surface area contributed by atoms with Crippen LogP contribution < -0.4 is 11.1 Å². The van der Waals surface area contributed by atoms with Crippen molar-refractivity contribution in [3.63, 3.8) is 0 Å². The number of carbonyl (C=O) groups is 1. The number of hydrogen-bond donors (Lipinski definition) is 2. The predicted molar refractivity (Wildman–Crippen MR) is 77.7 cm³/mol. The molecule has 104 valence electrons. The molecule has 1 amide bonds. The summed E-state index contributed by atoms with van der Waals surface area (Å²) in [6.07, 6.45) is 3.79. The number of nitrogens with two attached hydrogens (primary N) is 1. The Labute approximate surface area is 115 Å². The van der Waals surface area contributed by atoms with Gasteiger partial charge >= 0.3 is 0 Å². The van der Waals surface area contributed by atoms with E-state index < -0.39 is 0 Å². The van der Waals surface area contributed by atoms with Gasteiger partial charge in [-0.05, 0) is 50.7 Å². The first-order valence-corrected chi connectivity index (χ1v) is 7.19. The van der Waals surface area contributed by atoms with Gasteiger partial charge in [-0.3, -0.25) is 4.79 Å². The molecule has 3 N–H and O–H groups in total. The summed E-state index contributed by atoms with van der Waals surface area (Å²) in [4.78, 5) is 12.2. The normalized spacial score (nSPS) is 24.8. The zero-order valence-corrected chi connectivity index (χ0v) is 11.9. The zero-order chi connectivity index (χ0) is 13.8. The average molecular weight is 260 g/mol. The van der Waals surface area contributed by atoms with Gasteiger partial charge in [0.2, 0.25) is 5.91 Å². The molecule has 0 spiro atoms. The fraction of sp³-hybridized carbons (Fsp3) is 0.562. The van der Waals surface area contributed by atoms with E-state index in [1.165, 1.54) is 11.1 Å². The number of aryl methyl sites for hydroxylation is 1. The summed E-state index contributed by atoms with van der Waals surface area (Å²) < 4.78 is 0. The standard InChI is InChI=1S/C16H24N2O/c1-11-5-3-4-6-15(11)12(2)18-16(19)13-7-9-14(17)10-8-13/h3-6,12-14H,7-10,17H2,1-2H3,(H,18,19). The van der Waals surface area contributed by atoms with Crippen molar-refractivity contribution in [3.05, 3.63) is 35.4 Å². The molecule has 1 aromatic carbocycles. The summed E-state index contributed by atoms with van der Waals surface area (Å²) in [5.74, 6) is 0.328. The molecular weight excluding hydrogens is 236 g/mol. The lowest BCUT2D eigenvalue weighted by Gasteiger charge is -2.27. The van der Waals surface area contributed by atoms with Crippen LogP contribution in [0.3, 0.4) is 0 Å². The number of nitrogens with one attached hydrogen (secondary N) is 1. The fourth-order valence-electron chi connectivity index (χ4n) is 2.86. The maximum absolute atomic E-state index is 12.2. The van der Waals surface area contributed by atoms with Crippen LogP contribution in [0.15, 0.2) is 24.3 Å². The summed E-state index contributed by atoms with van der Waals surface area (Å²) in [5.41, 5.74) is 8.30. The molecule has 19 heavy (non-hydrogen) atoms. The number of amides is 1. The number of benzene rings is 1. The molecular formula is C16H24N2O. The van der Waals surface area contributed by atoms with E-state index in [0.717, 1.165) is 25.7 Å². The van der Waals surface area contributed by atoms with Gasteiger partial charge < -0.3 is 11.1 Å². The molecule has 0 radical (unpaired) electrons. The lowest BCUT2D eigenvalue weighted by atomic mass is 9.85. The van der Waals surface area contributed by atoms with Crippen molar-refractivity contribution in [3.8, 4) is 0 Å². The van der Waals surface area contributed by atoms with Gasteiger partial charge in [-0.25, -0.2) is 0 Å². The first-order valence-electron chi connectivity index (χ1n) is 7.19. The van der Waals surface area contributed by atoms with Crippen molar-refractivity contribution in [2.75, 3.05) is 0 Å². The summed E-state index contributed by atoms with van der Waals surface area (Å²) in [6.45, 7) is 4.13. The van der Waals surface area contributed by atoms with Crippen molar-refractivity contribution in [1.82, 2.24) is 5.32 Å². The lowest BCUT2D eigenvalue weighted by molar-refractivity contribution is -0.126. The van der Waals surface area contributed by atoms with Crippen LogP contribution in [0.2, 0.25) is 0 Å². The van der Waals surface area contributed by atoms with Crippen molar-refractivity contribution in [2.45, 2.75) is 51.6 Å². The van der Waals surface area contributed by atoms with Gasteiger partial charge in [0.1, 0.15) is 0 Å². The van der Waals surface area contributed by atoms with E-state index in [9.17, 15) is 4.79 Å². The molecule has 1 saturated carbocycles. The number of carbonyl (C=O) groups excluding carboxylic acids is 1. The topological polar surface area (TPSA) is 55.1 Å². The maximum atomic E-state index is 12.2. The molecule has 0 saturated heterocycles. The van der Waals surface area contributed by atoms with E-state index in [4.69, 9.17) is 5.73 Å². The molecule has 1 atom stereocenters. The molecule has 3 heteroatoms. The summed E-state index contributed by atoms with van der Waals surface area (Å²) >= 11 is 0. The predicted octanol–water partition coefficient (Wildman–Crippen LogP) is 2.69. The van der Waals surface area contributed by atoms with Crippen LogP contribution in [0.5, 0.6) is 0 Å². The van der Waals surface area contributed by atoms with E-state index in [1.54, 1.807) is 0 Å². The zero-order valence-electron chi connectivity index (χ0n) is 11.9. The van der Waals surface area contributed by atoms with Crippen molar-refractivity contribution < 1.29 is 4.79 Å². The van der Waals surface area contributed by atoms with E-state index >= 15 is 0 Å². The van der Waals surface area contributed by atoms with Gasteiger partial charge in [0, 0.05) is 12.0 Å². The van der Waals surface area contributed by atoms with Crippen LogP contribution in [-0.4, -0.2) is 11.9 Å². The summed E-state index contributed by atoms with van der Waals surface area (Å²) in [5, 5.41) is 3.14. The lowest BCUT2D eigenvalue weighted by Crippen LogP contribution is -2.37. The smallest absolute Gasteiger partial charge is 0.223 e. The molecule has 2 rings (SSSR count). The molecule has 1 fully saturated rings. The second-order valence-corrected chi connectivity index (χ2v) is 5.70. The van der Waals surface area contributed by atoms with Crippen LogP contribution in [0.25, 0.3) is 0 Å². The Morgan fingerprint density at radius 2 is 1.89 bits per heavy atom. The molecule has 0 aromatic heterocycles. The minimum absolute atomic E-state index is 0.0734. The summed E-state index contributed by atoms with van der Waals surface area (Å²) in [7, 11) is 0. The van der Waals surface area contributed by atoms with Crippen LogP contribution >= 0.6 is 0 Å². The molecule has 0 aliphatic heterocycles. The second kappa shape index (κ2) is 6.20. The highest BCUT2D eigenvalue weighted by Crippen LogP contribution is 2.24. The van der Waals surface area contributed by atoms with Crippen molar-refractivity contribution in [1.29, 1.82) is 0 Å². The van der Waals surface area contributed by atoms with Crippen LogP contribution in [0.1, 0.15) is 49.8 Å². The third kappa shape index (κ3) is 3.57.